The van der Waals surface area contributed by atoms with Crippen molar-refractivity contribution in [2.45, 2.75) is 81.6 Å². The van der Waals surface area contributed by atoms with E-state index >= 15 is 0 Å². The fraction of sp³-hybridized carbons (Fsp3) is 0.514. The number of hydrogen-bond donors (Lipinski definition) is 10. The number of aromatic hydroxyl groups is 2. The van der Waals surface area contributed by atoms with E-state index in [0.29, 0.717) is 54.5 Å². The van der Waals surface area contributed by atoms with Gasteiger partial charge in [-0.05, 0) is 98.1 Å². The first-order valence-electron chi connectivity index (χ1n) is 17.5. The molecule has 278 valence electrons. The number of nitrogens with one attached hydrogen (secondary N) is 4. The zero-order valence-electron chi connectivity index (χ0n) is 28.7. The van der Waals surface area contributed by atoms with E-state index in [2.05, 4.69) is 21.3 Å². The lowest BCUT2D eigenvalue weighted by Gasteiger charge is -2.31. The number of amides is 5. The highest BCUT2D eigenvalue weighted by atomic mass is 16.3. The fourth-order valence-electron chi connectivity index (χ4n) is 6.43. The summed E-state index contributed by atoms with van der Waals surface area (Å²) in [6.45, 7) is 1.20. The van der Waals surface area contributed by atoms with E-state index in [1.807, 2.05) is 0 Å². The molecule has 0 saturated carbocycles. The van der Waals surface area contributed by atoms with Gasteiger partial charge in [-0.3, -0.25) is 24.0 Å². The van der Waals surface area contributed by atoms with Crippen molar-refractivity contribution < 1.29 is 34.2 Å². The molecule has 2 aliphatic rings. The van der Waals surface area contributed by atoms with Crippen molar-refractivity contribution in [3.8, 4) is 22.6 Å². The number of phenolic OH excluding ortho intramolecular Hbond substituents is 2. The summed E-state index contributed by atoms with van der Waals surface area (Å²) in [6.07, 6.45) is 1.92. The maximum atomic E-state index is 14.4. The Hall–Kier alpha value is -4.77. The molecule has 2 aromatic carbocycles. The summed E-state index contributed by atoms with van der Waals surface area (Å²) in [5.41, 5.74) is 25.2. The molecule has 4 bridgehead atoms. The van der Waals surface area contributed by atoms with Crippen LogP contribution in [0.3, 0.4) is 0 Å². The van der Waals surface area contributed by atoms with Crippen LogP contribution in [-0.2, 0) is 36.8 Å². The maximum Gasteiger partial charge on any atom is 0.246 e. The second-order valence-electron chi connectivity index (χ2n) is 13.0. The Morgan fingerprint density at radius 2 is 1.53 bits per heavy atom. The summed E-state index contributed by atoms with van der Waals surface area (Å²) in [5, 5.41) is 32.4. The highest BCUT2D eigenvalue weighted by Gasteiger charge is 2.40. The van der Waals surface area contributed by atoms with Gasteiger partial charge in [0.05, 0.1) is 6.04 Å². The molecule has 0 unspecified atom stereocenters. The number of nitrogens with two attached hydrogens (primary N) is 4. The van der Waals surface area contributed by atoms with Gasteiger partial charge in [-0.2, -0.15) is 0 Å². The van der Waals surface area contributed by atoms with Crippen LogP contribution in [0.1, 0.15) is 49.7 Å². The van der Waals surface area contributed by atoms with E-state index in [0.717, 1.165) is 0 Å². The Kier molecular flexibility index (Phi) is 14.1. The Morgan fingerprint density at radius 3 is 2.16 bits per heavy atom. The van der Waals surface area contributed by atoms with E-state index in [-0.39, 0.29) is 63.4 Å². The standard InChI is InChI=1S/C35H51N9O7/c36-11-1-4-25(32(48)40-14-13-38)42-34(50)28-6-3-15-44(28)35(51)27-19-23-17-21(8-10-30(23)46)20-7-9-29(45)22(16-20)18-24(39)31(47)41-26(5-2-12-37)33(49)43-27/h7-10,16-17,24-28,45-46H,1-6,11-15,18-19,36-39H2,(H,40,48)(H,41,47)(H,42,50)(H,43,49)/t24-,25-,26-,27-,28-/m0/s1. The van der Waals surface area contributed by atoms with Gasteiger partial charge in [0.1, 0.15) is 35.7 Å². The predicted molar refractivity (Wildman–Crippen MR) is 190 cm³/mol. The molecule has 2 aromatic rings. The van der Waals surface area contributed by atoms with Crippen LogP contribution in [0.4, 0.5) is 0 Å². The van der Waals surface area contributed by atoms with Crippen molar-refractivity contribution in [2.24, 2.45) is 22.9 Å². The Balaban J connectivity index is 1.69. The molecule has 5 amide bonds. The quantitative estimate of drug-likeness (QED) is 0.117. The first-order valence-corrected chi connectivity index (χ1v) is 17.5. The molecule has 1 fully saturated rings. The molecule has 1 saturated heterocycles. The Bertz CT molecular complexity index is 1570. The summed E-state index contributed by atoms with van der Waals surface area (Å²) in [4.78, 5) is 69.3. The van der Waals surface area contributed by atoms with Gasteiger partial charge < -0.3 is 59.3 Å². The normalized spacial score (nSPS) is 21.5. The number of benzene rings is 2. The van der Waals surface area contributed by atoms with Crippen LogP contribution in [0.2, 0.25) is 0 Å². The van der Waals surface area contributed by atoms with Crippen molar-refractivity contribution in [3.63, 3.8) is 0 Å². The minimum atomic E-state index is -1.26. The smallest absolute Gasteiger partial charge is 0.246 e. The minimum Gasteiger partial charge on any atom is -0.508 e. The lowest BCUT2D eigenvalue weighted by Crippen LogP contribution is -2.59. The second-order valence-corrected chi connectivity index (χ2v) is 13.0. The van der Waals surface area contributed by atoms with Crippen LogP contribution in [0.25, 0.3) is 11.1 Å². The highest BCUT2D eigenvalue weighted by Crippen LogP contribution is 2.31. The number of nitrogens with zero attached hydrogens (tertiary/aromatic N) is 1. The van der Waals surface area contributed by atoms with E-state index in [1.165, 1.54) is 17.0 Å². The molecule has 0 aliphatic carbocycles. The third-order valence-electron chi connectivity index (χ3n) is 9.25. The predicted octanol–water partition coefficient (Wildman–Crippen LogP) is -1.81. The van der Waals surface area contributed by atoms with Gasteiger partial charge in [-0.15, -0.1) is 0 Å². The molecular weight excluding hydrogens is 658 g/mol. The van der Waals surface area contributed by atoms with Gasteiger partial charge >= 0.3 is 0 Å². The van der Waals surface area contributed by atoms with Gasteiger partial charge in [-0.25, -0.2) is 0 Å². The van der Waals surface area contributed by atoms with Crippen LogP contribution in [0.5, 0.6) is 11.5 Å². The van der Waals surface area contributed by atoms with E-state index < -0.39 is 59.7 Å². The molecular formula is C35H51N9O7. The van der Waals surface area contributed by atoms with E-state index in [1.54, 1.807) is 24.3 Å². The number of hydrogen-bond acceptors (Lipinski definition) is 11. The molecule has 5 atom stereocenters. The van der Waals surface area contributed by atoms with E-state index in [4.69, 9.17) is 22.9 Å². The average molecular weight is 710 g/mol. The van der Waals surface area contributed by atoms with Crippen molar-refractivity contribution in [1.82, 2.24) is 26.2 Å². The Labute approximate surface area is 297 Å². The van der Waals surface area contributed by atoms with Crippen LogP contribution >= 0.6 is 0 Å². The highest BCUT2D eigenvalue weighted by molar-refractivity contribution is 5.96. The molecule has 2 aliphatic heterocycles. The van der Waals surface area contributed by atoms with Crippen LogP contribution in [-0.4, -0.2) is 108 Å². The molecule has 14 N–H and O–H groups in total. The van der Waals surface area contributed by atoms with Crippen molar-refractivity contribution in [1.29, 1.82) is 0 Å². The summed E-state index contributed by atoms with van der Waals surface area (Å²) in [5.74, 6) is -2.99. The number of rotatable bonds is 12. The molecule has 0 radical (unpaired) electrons. The van der Waals surface area contributed by atoms with Crippen molar-refractivity contribution in [2.75, 3.05) is 32.7 Å². The molecule has 0 aromatic heterocycles. The number of phenols is 2. The van der Waals surface area contributed by atoms with Crippen LogP contribution < -0.4 is 44.2 Å². The largest absolute Gasteiger partial charge is 0.508 e. The Morgan fingerprint density at radius 1 is 0.882 bits per heavy atom. The van der Waals surface area contributed by atoms with Crippen LogP contribution in [0, 0.1) is 0 Å². The van der Waals surface area contributed by atoms with Gasteiger partial charge in [0.2, 0.25) is 29.5 Å². The summed E-state index contributed by atoms with van der Waals surface area (Å²) in [7, 11) is 0. The van der Waals surface area contributed by atoms with E-state index in [9.17, 15) is 34.2 Å². The molecule has 51 heavy (non-hydrogen) atoms. The summed E-state index contributed by atoms with van der Waals surface area (Å²) < 4.78 is 0. The van der Waals surface area contributed by atoms with Gasteiger partial charge in [0.15, 0.2) is 0 Å². The number of carbonyl (C=O) groups is 5. The van der Waals surface area contributed by atoms with Crippen molar-refractivity contribution in [3.05, 3.63) is 47.5 Å². The summed E-state index contributed by atoms with van der Waals surface area (Å²) >= 11 is 0. The molecule has 0 spiro atoms. The topological polar surface area (TPSA) is 281 Å². The third kappa shape index (κ3) is 10.2. The van der Waals surface area contributed by atoms with Crippen LogP contribution in [0.15, 0.2) is 36.4 Å². The minimum absolute atomic E-state index is 0.0248. The lowest BCUT2D eigenvalue weighted by atomic mass is 9.95. The lowest BCUT2D eigenvalue weighted by molar-refractivity contribution is -0.142. The second kappa shape index (κ2) is 18.5. The molecule has 2 heterocycles. The third-order valence-corrected chi connectivity index (χ3v) is 9.25. The number of likely N-dealkylation sites (tertiary alicyclic amines) is 1. The van der Waals surface area contributed by atoms with Gasteiger partial charge in [0.25, 0.3) is 0 Å². The average Bonchev–Trinajstić information content (AvgIpc) is 3.61. The fourth-order valence-corrected chi connectivity index (χ4v) is 6.43. The molecule has 16 heteroatoms. The molecule has 16 nitrogen and oxygen atoms in total. The van der Waals surface area contributed by atoms with Gasteiger partial charge in [0, 0.05) is 32.5 Å². The number of fused-ring (bicyclic) bond motifs is 5. The van der Waals surface area contributed by atoms with Crippen molar-refractivity contribution >= 4 is 29.5 Å². The first kappa shape index (κ1) is 39.0. The summed E-state index contributed by atoms with van der Waals surface area (Å²) in [6, 6.07) is 4.37. The number of carbonyl (C=O) groups excluding carboxylic acids is 5. The first-order chi connectivity index (χ1) is 24.5. The zero-order valence-corrected chi connectivity index (χ0v) is 28.7. The zero-order chi connectivity index (χ0) is 37.1. The molecule has 4 rings (SSSR count). The monoisotopic (exact) mass is 709 g/mol. The van der Waals surface area contributed by atoms with Gasteiger partial charge in [-0.1, -0.05) is 12.1 Å². The maximum absolute atomic E-state index is 14.4. The SMILES string of the molecule is NCCC[C@@H]1NC(=O)[C@@H](N)Cc2cc(ccc2O)-c2ccc(O)c(c2)C[C@@H](C(=O)N2CCC[C@H]2C(=O)N[C@@H](CCCN)C(=O)NCCN)NC1=O.